The molecule has 0 saturated carbocycles. The first kappa shape index (κ1) is 21.0. The molecule has 162 valence electrons. The number of rotatable bonds is 5. The van der Waals surface area contributed by atoms with Crippen molar-refractivity contribution in [3.8, 4) is 11.5 Å². The average Bonchev–Trinajstić information content (AvgIpc) is 3.14. The van der Waals surface area contributed by atoms with Crippen LogP contribution in [0.3, 0.4) is 0 Å². The minimum absolute atomic E-state index is 0.0492. The van der Waals surface area contributed by atoms with Crippen molar-refractivity contribution in [3.05, 3.63) is 59.8 Å². The summed E-state index contributed by atoms with van der Waals surface area (Å²) in [6, 6.07) is 9.88. The quantitative estimate of drug-likeness (QED) is 0.623. The molecule has 0 spiro atoms. The van der Waals surface area contributed by atoms with Gasteiger partial charge < -0.3 is 14.3 Å². The van der Waals surface area contributed by atoms with E-state index in [-0.39, 0.29) is 24.1 Å². The summed E-state index contributed by atoms with van der Waals surface area (Å²) >= 11 is 0. The standard InChI is InChI=1S/C23H26FN5O2/c1-16(2)21-26-23(31-27-21)19-5-3-10-25-22(19)29-12-4-11-28(13-14-29)20(30)15-17-6-8-18(24)9-7-17/h3,5-10,16H,4,11-15H2,1-2H3. The summed E-state index contributed by atoms with van der Waals surface area (Å²) in [5, 5.41) is 4.07. The number of benzene rings is 1. The molecule has 4 rings (SSSR count). The third-order valence-corrected chi connectivity index (χ3v) is 5.39. The topological polar surface area (TPSA) is 75.4 Å². The van der Waals surface area contributed by atoms with Crippen molar-refractivity contribution in [2.75, 3.05) is 31.1 Å². The minimum Gasteiger partial charge on any atom is -0.354 e. The van der Waals surface area contributed by atoms with Crippen molar-refractivity contribution in [2.45, 2.75) is 32.6 Å². The van der Waals surface area contributed by atoms with Crippen LogP contribution < -0.4 is 4.90 Å². The molecule has 1 aromatic carbocycles. The van der Waals surface area contributed by atoms with Crippen LogP contribution in [-0.4, -0.2) is 52.1 Å². The Hall–Kier alpha value is -3.29. The molecular formula is C23H26FN5O2. The van der Waals surface area contributed by atoms with E-state index in [2.05, 4.69) is 20.0 Å². The van der Waals surface area contributed by atoms with E-state index in [0.29, 0.717) is 31.3 Å². The van der Waals surface area contributed by atoms with E-state index in [1.807, 2.05) is 30.9 Å². The maximum absolute atomic E-state index is 13.1. The molecule has 8 heteroatoms. The van der Waals surface area contributed by atoms with E-state index < -0.39 is 0 Å². The van der Waals surface area contributed by atoms with Gasteiger partial charge in [0.1, 0.15) is 11.6 Å². The van der Waals surface area contributed by atoms with E-state index in [1.54, 1.807) is 18.3 Å². The van der Waals surface area contributed by atoms with E-state index in [0.717, 1.165) is 29.9 Å². The SMILES string of the molecule is CC(C)c1noc(-c2cccnc2N2CCCN(C(=O)Cc3ccc(F)cc3)CC2)n1. The Morgan fingerprint density at radius 1 is 1.13 bits per heavy atom. The van der Waals surface area contributed by atoms with Crippen molar-refractivity contribution in [1.82, 2.24) is 20.0 Å². The molecular weight excluding hydrogens is 397 g/mol. The zero-order chi connectivity index (χ0) is 21.8. The van der Waals surface area contributed by atoms with Crippen molar-refractivity contribution in [1.29, 1.82) is 0 Å². The fourth-order valence-electron chi connectivity index (χ4n) is 3.66. The van der Waals surface area contributed by atoms with Gasteiger partial charge in [-0.2, -0.15) is 4.98 Å². The van der Waals surface area contributed by atoms with Crippen LogP contribution in [0.25, 0.3) is 11.5 Å². The average molecular weight is 423 g/mol. The molecule has 3 aromatic rings. The van der Waals surface area contributed by atoms with E-state index >= 15 is 0 Å². The van der Waals surface area contributed by atoms with Crippen LogP contribution in [0.2, 0.25) is 0 Å². The summed E-state index contributed by atoms with van der Waals surface area (Å²) in [4.78, 5) is 25.9. The summed E-state index contributed by atoms with van der Waals surface area (Å²) in [5.74, 6) is 1.84. The lowest BCUT2D eigenvalue weighted by Crippen LogP contribution is -2.36. The summed E-state index contributed by atoms with van der Waals surface area (Å²) < 4.78 is 18.6. The maximum Gasteiger partial charge on any atom is 0.261 e. The molecule has 7 nitrogen and oxygen atoms in total. The first-order chi connectivity index (χ1) is 15.0. The number of aromatic nitrogens is 3. The van der Waals surface area contributed by atoms with Crippen LogP contribution in [0.1, 0.15) is 37.6 Å². The Kier molecular flexibility index (Phi) is 6.25. The third-order valence-electron chi connectivity index (χ3n) is 5.39. The van der Waals surface area contributed by atoms with Crippen LogP contribution in [-0.2, 0) is 11.2 Å². The first-order valence-corrected chi connectivity index (χ1v) is 10.6. The lowest BCUT2D eigenvalue weighted by Gasteiger charge is -2.24. The van der Waals surface area contributed by atoms with Crippen molar-refractivity contribution in [2.24, 2.45) is 0 Å². The predicted octanol–water partition coefficient (Wildman–Crippen LogP) is 3.68. The van der Waals surface area contributed by atoms with Gasteiger partial charge in [-0.3, -0.25) is 4.79 Å². The summed E-state index contributed by atoms with van der Waals surface area (Å²) in [6.45, 7) is 6.74. The molecule has 1 saturated heterocycles. The summed E-state index contributed by atoms with van der Waals surface area (Å²) in [7, 11) is 0. The highest BCUT2D eigenvalue weighted by Crippen LogP contribution is 2.29. The number of hydrogen-bond donors (Lipinski definition) is 0. The number of carbonyl (C=O) groups excluding carboxylic acids is 1. The molecule has 0 bridgehead atoms. The Bertz CT molecular complexity index is 1030. The number of amides is 1. The molecule has 0 radical (unpaired) electrons. The number of hydrogen-bond acceptors (Lipinski definition) is 6. The van der Waals surface area contributed by atoms with Crippen LogP contribution in [0, 0.1) is 5.82 Å². The number of carbonyl (C=O) groups is 1. The van der Waals surface area contributed by atoms with Crippen LogP contribution in [0.15, 0.2) is 47.1 Å². The molecule has 0 unspecified atom stereocenters. The predicted molar refractivity (Wildman–Crippen MR) is 115 cm³/mol. The van der Waals surface area contributed by atoms with Gasteiger partial charge in [0.05, 0.1) is 12.0 Å². The van der Waals surface area contributed by atoms with Gasteiger partial charge in [-0.1, -0.05) is 31.1 Å². The van der Waals surface area contributed by atoms with Crippen molar-refractivity contribution in [3.63, 3.8) is 0 Å². The zero-order valence-electron chi connectivity index (χ0n) is 17.8. The molecule has 0 aliphatic carbocycles. The van der Waals surface area contributed by atoms with Gasteiger partial charge in [-0.25, -0.2) is 9.37 Å². The van der Waals surface area contributed by atoms with E-state index in [1.165, 1.54) is 12.1 Å². The second-order valence-corrected chi connectivity index (χ2v) is 8.01. The van der Waals surface area contributed by atoms with E-state index in [4.69, 9.17) is 4.52 Å². The molecule has 0 N–H and O–H groups in total. The number of halogens is 1. The highest BCUT2D eigenvalue weighted by molar-refractivity contribution is 5.79. The molecule has 2 aromatic heterocycles. The fraction of sp³-hybridized carbons (Fsp3) is 0.391. The molecule has 3 heterocycles. The lowest BCUT2D eigenvalue weighted by atomic mass is 10.1. The van der Waals surface area contributed by atoms with Gasteiger partial charge in [0.25, 0.3) is 5.89 Å². The van der Waals surface area contributed by atoms with Crippen LogP contribution in [0.4, 0.5) is 10.2 Å². The largest absolute Gasteiger partial charge is 0.354 e. The number of pyridine rings is 1. The van der Waals surface area contributed by atoms with Gasteiger partial charge in [0, 0.05) is 38.3 Å². The third kappa shape index (κ3) is 4.90. The van der Waals surface area contributed by atoms with Gasteiger partial charge >= 0.3 is 0 Å². The molecule has 1 aliphatic heterocycles. The summed E-state index contributed by atoms with van der Waals surface area (Å²) in [5.41, 5.74) is 1.62. The smallest absolute Gasteiger partial charge is 0.261 e. The van der Waals surface area contributed by atoms with Crippen LogP contribution in [0.5, 0.6) is 0 Å². The highest BCUT2D eigenvalue weighted by Gasteiger charge is 2.24. The highest BCUT2D eigenvalue weighted by atomic mass is 19.1. The van der Waals surface area contributed by atoms with Gasteiger partial charge in [-0.05, 0) is 36.2 Å². The van der Waals surface area contributed by atoms with E-state index in [9.17, 15) is 9.18 Å². The van der Waals surface area contributed by atoms with Crippen molar-refractivity contribution < 1.29 is 13.7 Å². The van der Waals surface area contributed by atoms with Gasteiger partial charge in [-0.15, -0.1) is 0 Å². The Balaban J connectivity index is 1.46. The monoisotopic (exact) mass is 423 g/mol. The second kappa shape index (κ2) is 9.24. The lowest BCUT2D eigenvalue weighted by molar-refractivity contribution is -0.130. The first-order valence-electron chi connectivity index (χ1n) is 10.6. The van der Waals surface area contributed by atoms with Gasteiger partial charge in [0.2, 0.25) is 5.91 Å². The second-order valence-electron chi connectivity index (χ2n) is 8.01. The Labute approximate surface area is 180 Å². The van der Waals surface area contributed by atoms with Gasteiger partial charge in [0.15, 0.2) is 5.82 Å². The Morgan fingerprint density at radius 2 is 1.94 bits per heavy atom. The minimum atomic E-state index is -0.297. The molecule has 31 heavy (non-hydrogen) atoms. The zero-order valence-corrected chi connectivity index (χ0v) is 17.8. The maximum atomic E-state index is 13.1. The van der Waals surface area contributed by atoms with Crippen LogP contribution >= 0.6 is 0 Å². The molecule has 1 fully saturated rings. The molecule has 1 amide bonds. The fourth-order valence-corrected chi connectivity index (χ4v) is 3.66. The number of nitrogens with zero attached hydrogens (tertiary/aromatic N) is 5. The van der Waals surface area contributed by atoms with Crippen molar-refractivity contribution >= 4 is 11.7 Å². The molecule has 1 aliphatic rings. The molecule has 0 atom stereocenters. The summed E-state index contributed by atoms with van der Waals surface area (Å²) in [6.07, 6.45) is 2.85. The normalized spacial score (nSPS) is 14.7. The Morgan fingerprint density at radius 3 is 2.68 bits per heavy atom. The number of anilines is 1.